The quantitative estimate of drug-likeness (QED) is 0.773. The van der Waals surface area contributed by atoms with Crippen LogP contribution in [-0.4, -0.2) is 20.3 Å². The van der Waals surface area contributed by atoms with Crippen LogP contribution in [0.4, 0.5) is 4.39 Å². The standard InChI is InChI=1S/C14H9ClFN3OS/c1-7-17-6-13(21-7)8-5-12(20)9(4-10(8)16)11-2-3-14(15)19-18-11/h2-6,20H,1H3. The van der Waals surface area contributed by atoms with E-state index in [1.165, 1.54) is 29.5 Å². The topological polar surface area (TPSA) is 58.9 Å². The maximum atomic E-state index is 14.3. The fraction of sp³-hybridized carbons (Fsp3) is 0.0714. The molecule has 21 heavy (non-hydrogen) atoms. The van der Waals surface area contributed by atoms with Crippen LogP contribution in [-0.2, 0) is 0 Å². The highest BCUT2D eigenvalue weighted by Crippen LogP contribution is 2.36. The molecular weight excluding hydrogens is 313 g/mol. The summed E-state index contributed by atoms with van der Waals surface area (Å²) in [7, 11) is 0. The minimum absolute atomic E-state index is 0.0749. The van der Waals surface area contributed by atoms with Gasteiger partial charge in [0.2, 0.25) is 0 Å². The monoisotopic (exact) mass is 321 g/mol. The second kappa shape index (κ2) is 5.38. The van der Waals surface area contributed by atoms with Gasteiger partial charge in [-0.3, -0.25) is 0 Å². The molecule has 0 saturated heterocycles. The van der Waals surface area contributed by atoms with Crippen molar-refractivity contribution in [3.63, 3.8) is 0 Å². The fourth-order valence-corrected chi connectivity index (χ4v) is 2.80. The first kappa shape index (κ1) is 13.9. The third-order valence-electron chi connectivity index (χ3n) is 2.88. The Morgan fingerprint density at radius 1 is 1.19 bits per heavy atom. The Hall–Kier alpha value is -2.05. The van der Waals surface area contributed by atoms with Gasteiger partial charge >= 0.3 is 0 Å². The number of halogens is 2. The van der Waals surface area contributed by atoms with Crippen LogP contribution in [0.5, 0.6) is 5.75 Å². The predicted octanol–water partition coefficient (Wildman–Crippen LogP) is 4.07. The van der Waals surface area contributed by atoms with Gasteiger partial charge in [0.25, 0.3) is 0 Å². The van der Waals surface area contributed by atoms with Crippen molar-refractivity contribution < 1.29 is 9.50 Å². The highest BCUT2D eigenvalue weighted by atomic mass is 35.5. The number of hydrogen-bond donors (Lipinski definition) is 1. The number of hydrogen-bond acceptors (Lipinski definition) is 5. The van der Waals surface area contributed by atoms with Gasteiger partial charge in [-0.15, -0.1) is 21.5 Å². The summed E-state index contributed by atoms with van der Waals surface area (Å²) in [5, 5.41) is 18.7. The summed E-state index contributed by atoms with van der Waals surface area (Å²) in [5.74, 6) is -0.530. The Morgan fingerprint density at radius 3 is 2.62 bits per heavy atom. The summed E-state index contributed by atoms with van der Waals surface area (Å²) in [6.07, 6.45) is 1.58. The van der Waals surface area contributed by atoms with Gasteiger partial charge in [-0.25, -0.2) is 9.37 Å². The van der Waals surface area contributed by atoms with Crippen LogP contribution in [0, 0.1) is 12.7 Å². The van der Waals surface area contributed by atoms with Crippen molar-refractivity contribution in [2.75, 3.05) is 0 Å². The van der Waals surface area contributed by atoms with Crippen LogP contribution < -0.4 is 0 Å². The molecule has 3 rings (SSSR count). The number of rotatable bonds is 2. The molecule has 0 atom stereocenters. The molecule has 0 bridgehead atoms. The molecule has 7 heteroatoms. The molecule has 106 valence electrons. The Bertz CT molecular complexity index is 804. The summed E-state index contributed by atoms with van der Waals surface area (Å²) in [6.45, 7) is 1.84. The van der Waals surface area contributed by atoms with Crippen LogP contribution in [0.2, 0.25) is 5.15 Å². The molecule has 1 N–H and O–H groups in total. The summed E-state index contributed by atoms with van der Waals surface area (Å²) >= 11 is 7.02. The molecule has 0 aliphatic rings. The maximum absolute atomic E-state index is 14.3. The van der Waals surface area contributed by atoms with Gasteiger partial charge in [0.1, 0.15) is 11.6 Å². The van der Waals surface area contributed by atoms with Crippen molar-refractivity contribution in [3.8, 4) is 27.4 Å². The van der Waals surface area contributed by atoms with Gasteiger partial charge in [0, 0.05) is 17.3 Å². The van der Waals surface area contributed by atoms with E-state index >= 15 is 0 Å². The molecule has 4 nitrogen and oxygen atoms in total. The average Bonchev–Trinajstić information content (AvgIpc) is 2.88. The van der Waals surface area contributed by atoms with E-state index in [-0.39, 0.29) is 16.5 Å². The number of benzene rings is 1. The van der Waals surface area contributed by atoms with E-state index in [0.29, 0.717) is 16.1 Å². The van der Waals surface area contributed by atoms with E-state index in [1.807, 2.05) is 6.92 Å². The SMILES string of the molecule is Cc1ncc(-c2cc(O)c(-c3ccc(Cl)nn3)cc2F)s1. The second-order valence-corrected chi connectivity index (χ2v) is 5.96. The fourth-order valence-electron chi connectivity index (χ4n) is 1.90. The summed E-state index contributed by atoms with van der Waals surface area (Å²) in [4.78, 5) is 4.75. The van der Waals surface area contributed by atoms with E-state index in [1.54, 1.807) is 12.3 Å². The molecule has 2 heterocycles. The van der Waals surface area contributed by atoms with E-state index in [0.717, 1.165) is 5.01 Å². The zero-order chi connectivity index (χ0) is 15.0. The van der Waals surface area contributed by atoms with Gasteiger partial charge in [-0.2, -0.15) is 0 Å². The zero-order valence-corrected chi connectivity index (χ0v) is 12.4. The van der Waals surface area contributed by atoms with Crippen molar-refractivity contribution in [1.82, 2.24) is 15.2 Å². The zero-order valence-electron chi connectivity index (χ0n) is 10.8. The molecule has 2 aromatic heterocycles. The third kappa shape index (κ3) is 2.72. The number of phenolic OH excluding ortho intramolecular Hbond substituents is 1. The van der Waals surface area contributed by atoms with Crippen molar-refractivity contribution in [2.45, 2.75) is 6.92 Å². The minimum atomic E-state index is -0.455. The molecule has 0 saturated carbocycles. The van der Waals surface area contributed by atoms with Crippen LogP contribution in [0.3, 0.4) is 0 Å². The molecular formula is C14H9ClFN3OS. The van der Waals surface area contributed by atoms with E-state index in [4.69, 9.17) is 11.6 Å². The number of nitrogens with zero attached hydrogens (tertiary/aromatic N) is 3. The smallest absolute Gasteiger partial charge is 0.151 e. The Labute approximate surface area is 128 Å². The van der Waals surface area contributed by atoms with Gasteiger partial charge in [-0.1, -0.05) is 11.6 Å². The number of aromatic hydroxyl groups is 1. The first-order valence-corrected chi connectivity index (χ1v) is 7.19. The van der Waals surface area contributed by atoms with Crippen molar-refractivity contribution in [2.24, 2.45) is 0 Å². The highest BCUT2D eigenvalue weighted by molar-refractivity contribution is 7.15. The Balaban J connectivity index is 2.09. The number of aromatic nitrogens is 3. The summed E-state index contributed by atoms with van der Waals surface area (Å²) < 4.78 is 14.3. The molecule has 0 aliphatic carbocycles. The van der Waals surface area contributed by atoms with Gasteiger partial charge in [0.15, 0.2) is 5.15 Å². The van der Waals surface area contributed by atoms with Crippen LogP contribution in [0.25, 0.3) is 21.7 Å². The van der Waals surface area contributed by atoms with Crippen molar-refractivity contribution in [1.29, 1.82) is 0 Å². The number of aryl methyl sites for hydroxylation is 1. The van der Waals surface area contributed by atoms with Crippen LogP contribution in [0.15, 0.2) is 30.5 Å². The lowest BCUT2D eigenvalue weighted by Gasteiger charge is -2.07. The lowest BCUT2D eigenvalue weighted by Crippen LogP contribution is -1.91. The summed E-state index contributed by atoms with van der Waals surface area (Å²) in [5.41, 5.74) is 0.924. The van der Waals surface area contributed by atoms with Crippen molar-refractivity contribution in [3.05, 3.63) is 46.4 Å². The molecule has 0 spiro atoms. The largest absolute Gasteiger partial charge is 0.507 e. The molecule has 0 amide bonds. The molecule has 0 fully saturated rings. The lowest BCUT2D eigenvalue weighted by molar-refractivity contribution is 0.475. The number of thiazole rings is 1. The highest BCUT2D eigenvalue weighted by Gasteiger charge is 2.15. The van der Waals surface area contributed by atoms with Crippen molar-refractivity contribution >= 4 is 22.9 Å². The lowest BCUT2D eigenvalue weighted by atomic mass is 10.1. The molecule has 0 unspecified atom stereocenters. The predicted molar refractivity (Wildman–Crippen MR) is 79.9 cm³/mol. The molecule has 0 aliphatic heterocycles. The van der Waals surface area contributed by atoms with E-state index in [2.05, 4.69) is 15.2 Å². The summed E-state index contributed by atoms with van der Waals surface area (Å²) in [6, 6.07) is 5.70. The van der Waals surface area contributed by atoms with Crippen LogP contribution in [0.1, 0.15) is 5.01 Å². The Kier molecular flexibility index (Phi) is 3.57. The minimum Gasteiger partial charge on any atom is -0.507 e. The van der Waals surface area contributed by atoms with Gasteiger partial charge in [0.05, 0.1) is 15.6 Å². The number of phenols is 1. The molecule has 0 radical (unpaired) electrons. The first-order valence-electron chi connectivity index (χ1n) is 5.99. The van der Waals surface area contributed by atoms with Gasteiger partial charge < -0.3 is 5.11 Å². The van der Waals surface area contributed by atoms with E-state index in [9.17, 15) is 9.50 Å². The Morgan fingerprint density at radius 2 is 2.00 bits per heavy atom. The van der Waals surface area contributed by atoms with Gasteiger partial charge in [-0.05, 0) is 31.2 Å². The van der Waals surface area contributed by atoms with E-state index < -0.39 is 5.82 Å². The maximum Gasteiger partial charge on any atom is 0.151 e. The third-order valence-corrected chi connectivity index (χ3v) is 4.03. The average molecular weight is 322 g/mol. The van der Waals surface area contributed by atoms with Crippen LogP contribution >= 0.6 is 22.9 Å². The second-order valence-electron chi connectivity index (χ2n) is 4.33. The normalized spacial score (nSPS) is 10.8. The molecule has 1 aromatic carbocycles. The first-order chi connectivity index (χ1) is 10.0. The molecule has 3 aromatic rings.